The highest BCUT2D eigenvalue weighted by atomic mass is 35.5. The number of benzene rings is 1. The Hall–Kier alpha value is -3.27. The Morgan fingerprint density at radius 3 is 2.57 bits per heavy atom. The molecule has 0 bridgehead atoms. The van der Waals surface area contributed by atoms with E-state index in [-0.39, 0.29) is 18.0 Å². The van der Waals surface area contributed by atoms with Crippen molar-refractivity contribution in [1.82, 2.24) is 15.3 Å². The predicted molar refractivity (Wildman–Crippen MR) is 147 cm³/mol. The number of hydrogen-bond donors (Lipinski definition) is 3. The van der Waals surface area contributed by atoms with Gasteiger partial charge in [0.2, 0.25) is 5.91 Å². The molecular weight excluding hydrogens is 517 g/mol. The molecule has 3 aromatic rings. The summed E-state index contributed by atoms with van der Waals surface area (Å²) in [6.07, 6.45) is 3.71. The van der Waals surface area contributed by atoms with Gasteiger partial charge < -0.3 is 30.2 Å². The van der Waals surface area contributed by atoms with Gasteiger partial charge in [-0.3, -0.25) is 4.79 Å². The number of nitrogens with zero attached hydrogens (tertiary/aromatic N) is 2. The Labute approximate surface area is 225 Å². The molecule has 4 rings (SSSR count). The van der Waals surface area contributed by atoms with Gasteiger partial charge in [0, 0.05) is 41.8 Å². The summed E-state index contributed by atoms with van der Waals surface area (Å²) in [7, 11) is 3.05. The zero-order valence-corrected chi connectivity index (χ0v) is 22.4. The fraction of sp³-hybridized carbons (Fsp3) is 0.346. The van der Waals surface area contributed by atoms with Crippen LogP contribution in [0.1, 0.15) is 13.3 Å². The molecule has 1 saturated heterocycles. The number of methoxy groups -OCH3 is 2. The lowest BCUT2D eigenvalue weighted by Crippen LogP contribution is -2.52. The molecule has 0 spiro atoms. The van der Waals surface area contributed by atoms with Crippen LogP contribution in [-0.4, -0.2) is 61.9 Å². The van der Waals surface area contributed by atoms with Crippen LogP contribution in [0.3, 0.4) is 0 Å². The minimum absolute atomic E-state index is 0.113. The highest BCUT2D eigenvalue weighted by Crippen LogP contribution is 2.46. The van der Waals surface area contributed by atoms with E-state index in [0.29, 0.717) is 70.6 Å². The van der Waals surface area contributed by atoms with Crippen LogP contribution in [0, 0.1) is 0 Å². The number of ether oxygens (including phenoxy) is 3. The fourth-order valence-electron chi connectivity index (χ4n) is 4.25. The normalized spacial score (nSPS) is 17.2. The van der Waals surface area contributed by atoms with Crippen molar-refractivity contribution >= 4 is 51.5 Å². The second-order valence-electron chi connectivity index (χ2n) is 8.39. The van der Waals surface area contributed by atoms with E-state index in [1.54, 1.807) is 12.3 Å². The third-order valence-electron chi connectivity index (χ3n) is 6.09. The van der Waals surface area contributed by atoms with Crippen molar-refractivity contribution in [3.8, 4) is 22.8 Å². The van der Waals surface area contributed by atoms with Crippen molar-refractivity contribution in [3.05, 3.63) is 47.1 Å². The fourth-order valence-corrected chi connectivity index (χ4v) is 4.94. The Bertz CT molecular complexity index is 1290. The molecule has 2 aromatic heterocycles. The molecule has 1 fully saturated rings. The first kappa shape index (κ1) is 26.8. The van der Waals surface area contributed by atoms with Gasteiger partial charge in [0.1, 0.15) is 23.1 Å². The molecule has 196 valence electrons. The van der Waals surface area contributed by atoms with E-state index in [0.717, 1.165) is 10.8 Å². The van der Waals surface area contributed by atoms with Gasteiger partial charge in [-0.25, -0.2) is 9.97 Å². The smallest absolute Gasteiger partial charge is 0.243 e. The Balaban J connectivity index is 1.75. The van der Waals surface area contributed by atoms with Crippen LogP contribution in [0.4, 0.5) is 11.6 Å². The van der Waals surface area contributed by atoms with E-state index in [1.807, 2.05) is 19.1 Å². The van der Waals surface area contributed by atoms with E-state index in [2.05, 4.69) is 27.5 Å². The van der Waals surface area contributed by atoms with E-state index in [9.17, 15) is 4.79 Å². The number of aromatic nitrogens is 2. The van der Waals surface area contributed by atoms with Gasteiger partial charge in [0.05, 0.1) is 48.6 Å². The molecule has 0 aliphatic carbocycles. The summed E-state index contributed by atoms with van der Waals surface area (Å²) in [5.74, 6) is 1.91. The molecule has 3 heterocycles. The first-order chi connectivity index (χ1) is 17.9. The molecule has 0 saturated carbocycles. The lowest BCUT2D eigenvalue weighted by molar-refractivity contribution is -0.117. The SMILES string of the molecule is C=CC(=O)N[C@H]1CCOC[C@H]1Nc1cc2c(NCC)nc(-c3c(Cl)c(OC)cc(OC)c3Cl)cc2cn1. The summed E-state index contributed by atoms with van der Waals surface area (Å²) in [5.41, 5.74) is 1.05. The molecule has 37 heavy (non-hydrogen) atoms. The zero-order valence-electron chi connectivity index (χ0n) is 20.9. The summed E-state index contributed by atoms with van der Waals surface area (Å²) < 4.78 is 16.5. The lowest BCUT2D eigenvalue weighted by Gasteiger charge is -2.32. The molecule has 1 aliphatic rings. The third kappa shape index (κ3) is 5.69. The maximum Gasteiger partial charge on any atom is 0.243 e. The van der Waals surface area contributed by atoms with Crippen molar-refractivity contribution in [3.63, 3.8) is 0 Å². The van der Waals surface area contributed by atoms with Crippen molar-refractivity contribution in [2.75, 3.05) is 44.6 Å². The second-order valence-corrected chi connectivity index (χ2v) is 9.15. The number of hydrogen-bond acceptors (Lipinski definition) is 8. The minimum Gasteiger partial charge on any atom is -0.495 e. The molecule has 0 radical (unpaired) electrons. The molecule has 9 nitrogen and oxygen atoms in total. The summed E-state index contributed by atoms with van der Waals surface area (Å²) in [6.45, 7) is 7.18. The van der Waals surface area contributed by atoms with Crippen LogP contribution < -0.4 is 25.4 Å². The van der Waals surface area contributed by atoms with Gasteiger partial charge in [-0.2, -0.15) is 0 Å². The van der Waals surface area contributed by atoms with Gasteiger partial charge in [-0.05, 0) is 31.6 Å². The largest absolute Gasteiger partial charge is 0.495 e. The first-order valence-electron chi connectivity index (χ1n) is 11.8. The van der Waals surface area contributed by atoms with E-state index < -0.39 is 0 Å². The number of halogens is 2. The average Bonchev–Trinajstić information content (AvgIpc) is 2.90. The summed E-state index contributed by atoms with van der Waals surface area (Å²) in [6, 6.07) is 5.16. The summed E-state index contributed by atoms with van der Waals surface area (Å²) in [4.78, 5) is 21.3. The highest BCUT2D eigenvalue weighted by molar-refractivity contribution is 6.41. The molecule has 3 N–H and O–H groups in total. The summed E-state index contributed by atoms with van der Waals surface area (Å²) in [5, 5.41) is 12.0. The van der Waals surface area contributed by atoms with Crippen LogP contribution >= 0.6 is 23.2 Å². The van der Waals surface area contributed by atoms with Crippen molar-refractivity contribution < 1.29 is 19.0 Å². The van der Waals surface area contributed by atoms with Crippen LogP contribution in [0.25, 0.3) is 22.0 Å². The quantitative estimate of drug-likeness (QED) is 0.325. The Kier molecular flexibility index (Phi) is 8.58. The van der Waals surface area contributed by atoms with Gasteiger partial charge in [-0.15, -0.1) is 0 Å². The van der Waals surface area contributed by atoms with Crippen LogP contribution in [0.5, 0.6) is 11.5 Å². The van der Waals surface area contributed by atoms with E-state index >= 15 is 0 Å². The zero-order chi connectivity index (χ0) is 26.5. The van der Waals surface area contributed by atoms with E-state index in [1.165, 1.54) is 20.3 Å². The topological polar surface area (TPSA) is 107 Å². The molecular formula is C26H29Cl2N5O4. The molecule has 1 aromatic carbocycles. The predicted octanol–water partition coefficient (Wildman–Crippen LogP) is 4.92. The molecule has 2 atom stereocenters. The standard InChI is InChI=1S/C26H29Cl2N5O4/c1-5-22(34)32-16-7-8-37-13-18(16)31-21-10-15-14(12-30-21)9-17(33-26(15)29-6-2)23-24(27)19(35-3)11-20(36-4)25(23)28/h5,9-12,16,18H,1,6-8,13H2,2-4H3,(H,29,33)(H,30,31)(H,32,34)/t16-,18+/m0/s1. The Morgan fingerprint density at radius 1 is 1.19 bits per heavy atom. The number of rotatable bonds is 9. The van der Waals surface area contributed by atoms with Gasteiger partial charge in [0.25, 0.3) is 0 Å². The minimum atomic E-state index is -0.220. The number of amides is 1. The van der Waals surface area contributed by atoms with Crippen LogP contribution in [0.2, 0.25) is 10.0 Å². The van der Waals surface area contributed by atoms with Gasteiger partial charge >= 0.3 is 0 Å². The monoisotopic (exact) mass is 545 g/mol. The average molecular weight is 546 g/mol. The third-order valence-corrected chi connectivity index (χ3v) is 6.84. The number of fused-ring (bicyclic) bond motifs is 1. The lowest BCUT2D eigenvalue weighted by atomic mass is 10.0. The molecule has 0 unspecified atom stereocenters. The number of pyridine rings is 2. The molecule has 1 aliphatic heterocycles. The number of carbonyl (C=O) groups is 1. The van der Waals surface area contributed by atoms with Crippen molar-refractivity contribution in [2.24, 2.45) is 0 Å². The van der Waals surface area contributed by atoms with Crippen molar-refractivity contribution in [2.45, 2.75) is 25.4 Å². The Morgan fingerprint density at radius 2 is 1.92 bits per heavy atom. The number of carbonyl (C=O) groups excluding carboxylic acids is 1. The van der Waals surface area contributed by atoms with Gasteiger partial charge in [-0.1, -0.05) is 29.8 Å². The first-order valence-corrected chi connectivity index (χ1v) is 12.6. The summed E-state index contributed by atoms with van der Waals surface area (Å²) >= 11 is 13.3. The highest BCUT2D eigenvalue weighted by Gasteiger charge is 2.27. The molecule has 11 heteroatoms. The van der Waals surface area contributed by atoms with Crippen LogP contribution in [-0.2, 0) is 9.53 Å². The van der Waals surface area contributed by atoms with Gasteiger partial charge in [0.15, 0.2) is 0 Å². The van der Waals surface area contributed by atoms with Crippen molar-refractivity contribution in [1.29, 1.82) is 0 Å². The van der Waals surface area contributed by atoms with E-state index in [4.69, 9.17) is 42.4 Å². The second kappa shape index (κ2) is 11.9. The maximum atomic E-state index is 11.9. The maximum absolute atomic E-state index is 11.9. The van der Waals surface area contributed by atoms with Crippen LogP contribution in [0.15, 0.2) is 37.1 Å². The number of anilines is 2. The molecule has 1 amide bonds. The number of nitrogens with one attached hydrogen (secondary N) is 3.